The molecular formula is C20H28N4O7Si. The van der Waals surface area contributed by atoms with Crippen molar-refractivity contribution in [3.05, 3.63) is 33.8 Å². The lowest BCUT2D eigenvalue weighted by Gasteiger charge is -2.20. The summed E-state index contributed by atoms with van der Waals surface area (Å²) in [6.07, 6.45) is -3.05. The number of primary amides is 1. The van der Waals surface area contributed by atoms with Crippen LogP contribution in [0.25, 0.3) is 0 Å². The third-order valence-corrected chi connectivity index (χ3v) is 7.33. The molecule has 32 heavy (non-hydrogen) atoms. The molecule has 1 aliphatic heterocycles. The van der Waals surface area contributed by atoms with E-state index in [-0.39, 0.29) is 46.9 Å². The summed E-state index contributed by atoms with van der Waals surface area (Å²) < 4.78 is 11.5. The van der Waals surface area contributed by atoms with Crippen molar-refractivity contribution in [1.29, 1.82) is 0 Å². The molecule has 2 amide bonds. The van der Waals surface area contributed by atoms with Crippen LogP contribution in [0.3, 0.4) is 0 Å². The van der Waals surface area contributed by atoms with Crippen LogP contribution in [-0.4, -0.2) is 54.1 Å². The van der Waals surface area contributed by atoms with E-state index in [4.69, 9.17) is 20.9 Å². The highest BCUT2D eigenvalue weighted by Gasteiger charge is 2.44. The highest BCUT2D eigenvalue weighted by atomic mass is 28.3. The molecule has 0 unspecified atom stereocenters. The zero-order valence-corrected chi connectivity index (χ0v) is 19.5. The molecule has 2 atom stereocenters. The SMILES string of the molecule is CC1=C(N)C(=O)c2c(COC(N)=O)c3n(c2C1=O)C[C@H](NC(=O)OCC[Si](C)(C)C)[C@@H]3O. The number of aliphatic hydroxyl groups excluding tert-OH is 1. The Labute approximate surface area is 185 Å². The van der Waals surface area contributed by atoms with Gasteiger partial charge in [-0.2, -0.15) is 0 Å². The van der Waals surface area contributed by atoms with Crippen LogP contribution >= 0.6 is 0 Å². The van der Waals surface area contributed by atoms with Gasteiger partial charge in [0.25, 0.3) is 0 Å². The first-order chi connectivity index (χ1) is 14.8. The van der Waals surface area contributed by atoms with Gasteiger partial charge < -0.3 is 35.9 Å². The number of ether oxygens (including phenoxy) is 2. The number of amides is 2. The molecule has 174 valence electrons. The fourth-order valence-corrected chi connectivity index (χ4v) is 4.56. The predicted octanol–water partition coefficient (Wildman–Crippen LogP) is 1.18. The number of carbonyl (C=O) groups is 4. The first-order valence-electron chi connectivity index (χ1n) is 10.2. The second-order valence-electron chi connectivity index (χ2n) is 9.14. The number of aromatic nitrogens is 1. The van der Waals surface area contributed by atoms with Crippen LogP contribution in [0.4, 0.5) is 9.59 Å². The number of carbonyl (C=O) groups excluding carboxylic acids is 4. The maximum atomic E-state index is 12.9. The lowest BCUT2D eigenvalue weighted by molar-refractivity contribution is 0.0962. The molecule has 0 radical (unpaired) electrons. The minimum atomic E-state index is -1.39. The van der Waals surface area contributed by atoms with Gasteiger partial charge in [-0.1, -0.05) is 19.6 Å². The molecule has 11 nitrogen and oxygen atoms in total. The van der Waals surface area contributed by atoms with Crippen molar-refractivity contribution in [2.24, 2.45) is 11.5 Å². The summed E-state index contributed by atoms with van der Waals surface area (Å²) in [5.74, 6) is -1.07. The van der Waals surface area contributed by atoms with E-state index in [2.05, 4.69) is 25.0 Å². The average molecular weight is 465 g/mol. The highest BCUT2D eigenvalue weighted by molar-refractivity contribution is 6.76. The summed E-state index contributed by atoms with van der Waals surface area (Å²) >= 11 is 0. The quantitative estimate of drug-likeness (QED) is 0.453. The van der Waals surface area contributed by atoms with Crippen LogP contribution in [0.15, 0.2) is 11.3 Å². The van der Waals surface area contributed by atoms with E-state index in [9.17, 15) is 24.3 Å². The number of alkyl carbamates (subject to hydrolysis) is 1. The lowest BCUT2D eigenvalue weighted by atomic mass is 9.89. The molecule has 1 aromatic heterocycles. The molecule has 12 heteroatoms. The van der Waals surface area contributed by atoms with E-state index in [1.807, 2.05) is 0 Å². The number of fused-ring (bicyclic) bond motifs is 3. The van der Waals surface area contributed by atoms with E-state index in [1.165, 1.54) is 11.5 Å². The Morgan fingerprint density at radius 1 is 1.22 bits per heavy atom. The van der Waals surface area contributed by atoms with Crippen molar-refractivity contribution < 1.29 is 33.8 Å². The maximum Gasteiger partial charge on any atom is 0.407 e. The number of nitrogens with one attached hydrogen (secondary N) is 1. The zero-order valence-electron chi connectivity index (χ0n) is 18.5. The van der Waals surface area contributed by atoms with Crippen LogP contribution in [0.2, 0.25) is 25.7 Å². The molecule has 2 heterocycles. The van der Waals surface area contributed by atoms with Gasteiger partial charge in [0, 0.05) is 25.8 Å². The van der Waals surface area contributed by atoms with Crippen molar-refractivity contribution in [3.63, 3.8) is 0 Å². The van der Waals surface area contributed by atoms with Crippen LogP contribution in [-0.2, 0) is 22.6 Å². The Morgan fingerprint density at radius 2 is 1.88 bits per heavy atom. The Bertz CT molecular complexity index is 1040. The predicted molar refractivity (Wildman–Crippen MR) is 116 cm³/mol. The van der Waals surface area contributed by atoms with Gasteiger partial charge in [-0.15, -0.1) is 0 Å². The number of allylic oxidation sites excluding steroid dienone is 2. The van der Waals surface area contributed by atoms with Crippen molar-refractivity contribution in [2.75, 3.05) is 6.61 Å². The number of hydrogen-bond acceptors (Lipinski definition) is 8. The van der Waals surface area contributed by atoms with Gasteiger partial charge in [-0.25, -0.2) is 9.59 Å². The Kier molecular flexibility index (Phi) is 6.20. The van der Waals surface area contributed by atoms with E-state index in [1.54, 1.807) is 0 Å². The van der Waals surface area contributed by atoms with E-state index < -0.39 is 50.6 Å². The van der Waals surface area contributed by atoms with E-state index in [0.29, 0.717) is 0 Å². The summed E-state index contributed by atoms with van der Waals surface area (Å²) in [5.41, 5.74) is 11.1. The van der Waals surface area contributed by atoms with Crippen molar-refractivity contribution in [2.45, 2.75) is 57.9 Å². The summed E-state index contributed by atoms with van der Waals surface area (Å²) in [6, 6.07) is -0.0205. The Balaban J connectivity index is 1.89. The van der Waals surface area contributed by atoms with E-state index >= 15 is 0 Å². The maximum absolute atomic E-state index is 12.9. The molecule has 0 spiro atoms. The van der Waals surface area contributed by atoms with Gasteiger partial charge in [0.05, 0.1) is 29.6 Å². The fourth-order valence-electron chi connectivity index (χ4n) is 3.85. The number of ketones is 2. The van der Waals surface area contributed by atoms with Gasteiger partial charge in [0.2, 0.25) is 11.6 Å². The molecular weight excluding hydrogens is 436 g/mol. The molecule has 0 fully saturated rings. The number of Topliss-reactive ketones (excluding diaryl/α,β-unsaturated/α-hetero) is 2. The zero-order chi connectivity index (χ0) is 24.0. The second-order valence-corrected chi connectivity index (χ2v) is 14.8. The largest absolute Gasteiger partial charge is 0.450 e. The van der Waals surface area contributed by atoms with Gasteiger partial charge >= 0.3 is 12.2 Å². The van der Waals surface area contributed by atoms with Crippen molar-refractivity contribution >= 4 is 31.8 Å². The molecule has 1 aliphatic carbocycles. The van der Waals surface area contributed by atoms with Crippen molar-refractivity contribution in [3.8, 4) is 0 Å². The second kappa shape index (κ2) is 8.43. The van der Waals surface area contributed by atoms with Crippen molar-refractivity contribution in [1.82, 2.24) is 9.88 Å². The summed E-state index contributed by atoms with van der Waals surface area (Å²) in [4.78, 5) is 49.1. The number of nitrogens with two attached hydrogens (primary N) is 2. The van der Waals surface area contributed by atoms with Crippen LogP contribution in [0.1, 0.15) is 45.1 Å². The lowest BCUT2D eigenvalue weighted by Crippen LogP contribution is -2.40. The third-order valence-electron chi connectivity index (χ3n) is 5.63. The topological polar surface area (TPSA) is 176 Å². The highest BCUT2D eigenvalue weighted by Crippen LogP contribution is 2.40. The first-order valence-corrected chi connectivity index (χ1v) is 13.9. The number of aliphatic hydroxyl groups is 1. The third kappa shape index (κ3) is 4.28. The fraction of sp³-hybridized carbons (Fsp3) is 0.500. The monoisotopic (exact) mass is 464 g/mol. The Hall–Kier alpha value is -3.12. The minimum absolute atomic E-state index is 0.0186. The smallest absolute Gasteiger partial charge is 0.407 e. The average Bonchev–Trinajstić information content (AvgIpc) is 3.16. The summed E-state index contributed by atoms with van der Waals surface area (Å²) in [7, 11) is -1.39. The summed E-state index contributed by atoms with van der Waals surface area (Å²) in [5, 5.41) is 13.5. The number of rotatable bonds is 6. The molecule has 3 rings (SSSR count). The number of hydrogen-bond donors (Lipinski definition) is 4. The van der Waals surface area contributed by atoms with Gasteiger partial charge in [-0.3, -0.25) is 9.59 Å². The molecule has 0 saturated heterocycles. The molecule has 0 bridgehead atoms. The minimum Gasteiger partial charge on any atom is -0.450 e. The molecule has 6 N–H and O–H groups in total. The van der Waals surface area contributed by atoms with Gasteiger partial charge in [-0.05, 0) is 13.0 Å². The van der Waals surface area contributed by atoms with Crippen LogP contribution in [0, 0.1) is 0 Å². The standard InChI is InChI=1S/C20H28N4O7Si/c1-9-13(21)18(27)12-10(8-31-19(22)28)14-17(26)11(7-24(14)15(12)16(9)25)23-20(29)30-5-6-32(2,3)4/h11,17,26H,5-8,21H2,1-4H3,(H2,22,28)(H,23,29)/t11-,17-/m0/s1. The normalized spacial score (nSPS) is 20.2. The van der Waals surface area contributed by atoms with Gasteiger partial charge in [0.1, 0.15) is 18.4 Å². The van der Waals surface area contributed by atoms with Gasteiger partial charge in [0.15, 0.2) is 0 Å². The Morgan fingerprint density at radius 3 is 2.47 bits per heavy atom. The molecule has 1 aromatic rings. The first kappa shape index (κ1) is 23.5. The molecule has 0 aromatic carbocycles. The molecule has 0 saturated carbocycles. The summed E-state index contributed by atoms with van der Waals surface area (Å²) in [6.45, 7) is 7.75. The van der Waals surface area contributed by atoms with Crippen LogP contribution in [0.5, 0.6) is 0 Å². The molecule has 2 aliphatic rings. The number of nitrogens with zero attached hydrogens (tertiary/aromatic N) is 1. The van der Waals surface area contributed by atoms with Crippen LogP contribution < -0.4 is 16.8 Å². The van der Waals surface area contributed by atoms with E-state index in [0.717, 1.165) is 6.04 Å².